The molecule has 5 heteroatoms. The summed E-state index contributed by atoms with van der Waals surface area (Å²) >= 11 is 3.41. The van der Waals surface area contributed by atoms with Gasteiger partial charge in [-0.1, -0.05) is 46.3 Å². The first-order valence-corrected chi connectivity index (χ1v) is 6.46. The molecule has 0 spiro atoms. The van der Waals surface area contributed by atoms with E-state index < -0.39 is 17.9 Å². The number of hydrogen-bond acceptors (Lipinski definition) is 4. The first-order valence-electron chi connectivity index (χ1n) is 5.67. The summed E-state index contributed by atoms with van der Waals surface area (Å²) in [6, 6.07) is 7.65. The molecule has 0 atom stereocenters. The van der Waals surface area contributed by atoms with Crippen LogP contribution < -0.4 is 0 Å². The van der Waals surface area contributed by atoms with E-state index >= 15 is 0 Å². The molecule has 19 heavy (non-hydrogen) atoms. The molecule has 0 fully saturated rings. The van der Waals surface area contributed by atoms with Gasteiger partial charge in [-0.05, 0) is 18.1 Å². The topological polar surface area (TPSA) is 52.6 Å². The van der Waals surface area contributed by atoms with E-state index in [9.17, 15) is 9.59 Å². The van der Waals surface area contributed by atoms with E-state index in [-0.39, 0.29) is 6.42 Å². The molecule has 102 valence electrons. The van der Waals surface area contributed by atoms with E-state index in [1.807, 2.05) is 30.3 Å². The number of halogens is 1. The van der Waals surface area contributed by atoms with Gasteiger partial charge in [0.05, 0.1) is 14.2 Å². The number of rotatable bonds is 5. The number of methoxy groups -OCH3 is 2. The number of esters is 2. The van der Waals surface area contributed by atoms with Crippen LogP contribution in [-0.2, 0) is 19.1 Å². The van der Waals surface area contributed by atoms with Crippen molar-refractivity contribution in [1.29, 1.82) is 0 Å². The van der Waals surface area contributed by atoms with Gasteiger partial charge in [0.25, 0.3) is 0 Å². The lowest BCUT2D eigenvalue weighted by Gasteiger charge is -2.09. The Morgan fingerprint density at radius 3 is 2.32 bits per heavy atom. The van der Waals surface area contributed by atoms with Gasteiger partial charge in [0.2, 0.25) is 0 Å². The van der Waals surface area contributed by atoms with Crippen LogP contribution in [0.3, 0.4) is 0 Å². The molecule has 0 saturated heterocycles. The summed E-state index contributed by atoms with van der Waals surface area (Å²) in [5, 5.41) is 0. The fourth-order valence-corrected chi connectivity index (χ4v) is 1.93. The van der Waals surface area contributed by atoms with E-state index in [1.165, 1.54) is 14.2 Å². The third-order valence-electron chi connectivity index (χ3n) is 2.55. The maximum atomic E-state index is 11.5. The predicted molar refractivity (Wildman–Crippen MR) is 75.3 cm³/mol. The Bertz CT molecular complexity index is 466. The zero-order valence-electron chi connectivity index (χ0n) is 10.8. The fourth-order valence-electron chi connectivity index (χ4n) is 1.51. The van der Waals surface area contributed by atoms with E-state index in [4.69, 9.17) is 0 Å². The van der Waals surface area contributed by atoms with Gasteiger partial charge in [-0.25, -0.2) is 0 Å². The molecule has 1 aromatic carbocycles. The standard InChI is InChI=1S/C14H15BrO4/c1-18-13(16)11(14(17)19-2)8-5-7-10-6-3-4-9-12(10)15/h3-7,9,11H,8H2,1-2H3/b7-5+. The highest BCUT2D eigenvalue weighted by Crippen LogP contribution is 2.18. The van der Waals surface area contributed by atoms with Crippen LogP contribution in [0.2, 0.25) is 0 Å². The lowest BCUT2D eigenvalue weighted by molar-refractivity contribution is -0.158. The van der Waals surface area contributed by atoms with E-state index in [2.05, 4.69) is 25.4 Å². The van der Waals surface area contributed by atoms with Crippen molar-refractivity contribution in [2.75, 3.05) is 14.2 Å². The maximum Gasteiger partial charge on any atom is 0.320 e. The minimum atomic E-state index is -0.922. The van der Waals surface area contributed by atoms with Crippen molar-refractivity contribution in [3.05, 3.63) is 40.4 Å². The summed E-state index contributed by atoms with van der Waals surface area (Å²) < 4.78 is 10.1. The molecule has 0 aliphatic rings. The van der Waals surface area contributed by atoms with Crippen molar-refractivity contribution in [2.24, 2.45) is 5.92 Å². The summed E-state index contributed by atoms with van der Waals surface area (Å²) in [5.74, 6) is -2.11. The zero-order valence-corrected chi connectivity index (χ0v) is 12.3. The summed E-state index contributed by atoms with van der Waals surface area (Å²) in [4.78, 5) is 22.9. The second-order valence-corrected chi connectivity index (χ2v) is 4.61. The molecule has 0 aromatic heterocycles. The highest BCUT2D eigenvalue weighted by atomic mass is 79.9. The van der Waals surface area contributed by atoms with Gasteiger partial charge in [0.1, 0.15) is 0 Å². The summed E-state index contributed by atoms with van der Waals surface area (Å²) in [7, 11) is 2.49. The van der Waals surface area contributed by atoms with Crippen molar-refractivity contribution >= 4 is 33.9 Å². The molecular weight excluding hydrogens is 312 g/mol. The van der Waals surface area contributed by atoms with E-state index in [0.717, 1.165) is 10.0 Å². The van der Waals surface area contributed by atoms with Crippen LogP contribution in [0.15, 0.2) is 34.8 Å². The number of allylic oxidation sites excluding steroid dienone is 1. The van der Waals surface area contributed by atoms with Crippen molar-refractivity contribution in [2.45, 2.75) is 6.42 Å². The van der Waals surface area contributed by atoms with Crippen molar-refractivity contribution < 1.29 is 19.1 Å². The molecule has 1 aromatic rings. The molecule has 0 bridgehead atoms. The number of ether oxygens (including phenoxy) is 2. The molecule has 0 heterocycles. The van der Waals surface area contributed by atoms with Gasteiger partial charge in [0.15, 0.2) is 5.92 Å². The fraction of sp³-hybridized carbons (Fsp3) is 0.286. The Morgan fingerprint density at radius 2 is 1.79 bits per heavy atom. The van der Waals surface area contributed by atoms with Crippen LogP contribution in [0.25, 0.3) is 6.08 Å². The normalized spacial score (nSPS) is 10.7. The minimum Gasteiger partial charge on any atom is -0.468 e. The summed E-state index contributed by atoms with van der Waals surface area (Å²) in [5.41, 5.74) is 0.969. The second kappa shape index (κ2) is 7.74. The SMILES string of the molecule is COC(=O)C(C/C=C/c1ccccc1Br)C(=O)OC. The van der Waals surface area contributed by atoms with Gasteiger partial charge in [0, 0.05) is 4.47 Å². The van der Waals surface area contributed by atoms with Gasteiger partial charge in [-0.3, -0.25) is 9.59 Å². The molecule has 0 amide bonds. The zero-order chi connectivity index (χ0) is 14.3. The Labute approximate surface area is 120 Å². The highest BCUT2D eigenvalue weighted by molar-refractivity contribution is 9.10. The third kappa shape index (κ3) is 4.52. The van der Waals surface area contributed by atoms with E-state index in [1.54, 1.807) is 6.08 Å². The first kappa shape index (κ1) is 15.4. The van der Waals surface area contributed by atoms with Crippen LogP contribution in [0.5, 0.6) is 0 Å². The molecule has 0 N–H and O–H groups in total. The summed E-state index contributed by atoms with van der Waals surface area (Å²) in [6.07, 6.45) is 3.82. The maximum absolute atomic E-state index is 11.5. The Hall–Kier alpha value is -1.62. The van der Waals surface area contributed by atoms with Crippen LogP contribution in [0.1, 0.15) is 12.0 Å². The van der Waals surface area contributed by atoms with Gasteiger partial charge >= 0.3 is 11.9 Å². The van der Waals surface area contributed by atoms with Crippen LogP contribution in [-0.4, -0.2) is 26.2 Å². The molecule has 0 saturated carbocycles. The molecule has 0 radical (unpaired) electrons. The lowest BCUT2D eigenvalue weighted by Crippen LogP contribution is -2.25. The van der Waals surface area contributed by atoms with Crippen molar-refractivity contribution in [3.63, 3.8) is 0 Å². The van der Waals surface area contributed by atoms with Crippen molar-refractivity contribution in [3.8, 4) is 0 Å². The monoisotopic (exact) mass is 326 g/mol. The molecule has 1 rings (SSSR count). The van der Waals surface area contributed by atoms with Gasteiger partial charge < -0.3 is 9.47 Å². The largest absolute Gasteiger partial charge is 0.468 e. The Morgan fingerprint density at radius 1 is 1.21 bits per heavy atom. The summed E-state index contributed by atoms with van der Waals surface area (Å²) in [6.45, 7) is 0. The van der Waals surface area contributed by atoms with Crippen molar-refractivity contribution in [1.82, 2.24) is 0 Å². The molecule has 0 unspecified atom stereocenters. The first-order chi connectivity index (χ1) is 9.10. The second-order valence-electron chi connectivity index (χ2n) is 3.76. The Kier molecular flexibility index (Phi) is 6.29. The lowest BCUT2D eigenvalue weighted by atomic mass is 10.0. The number of carbonyl (C=O) groups excluding carboxylic acids is 2. The third-order valence-corrected chi connectivity index (χ3v) is 3.27. The minimum absolute atomic E-state index is 0.237. The van der Waals surface area contributed by atoms with Gasteiger partial charge in [-0.2, -0.15) is 0 Å². The Balaban J connectivity index is 2.74. The highest BCUT2D eigenvalue weighted by Gasteiger charge is 2.27. The molecule has 0 aliphatic carbocycles. The van der Waals surface area contributed by atoms with Crippen LogP contribution >= 0.6 is 15.9 Å². The number of benzene rings is 1. The van der Waals surface area contributed by atoms with Gasteiger partial charge in [-0.15, -0.1) is 0 Å². The van der Waals surface area contributed by atoms with Crippen LogP contribution in [0.4, 0.5) is 0 Å². The predicted octanol–water partition coefficient (Wildman–Crippen LogP) is 2.81. The smallest absolute Gasteiger partial charge is 0.320 e. The van der Waals surface area contributed by atoms with Crippen LogP contribution in [0, 0.1) is 5.92 Å². The van der Waals surface area contributed by atoms with E-state index in [0.29, 0.717) is 0 Å². The quantitative estimate of drug-likeness (QED) is 0.616. The molecule has 0 aliphatic heterocycles. The molecular formula is C14H15BrO4. The number of hydrogen-bond donors (Lipinski definition) is 0. The number of carbonyl (C=O) groups is 2. The average molecular weight is 327 g/mol. The average Bonchev–Trinajstić information content (AvgIpc) is 2.44. The molecule has 4 nitrogen and oxygen atoms in total.